The molecule has 1 fully saturated rings. The van der Waals surface area contributed by atoms with Gasteiger partial charge < -0.3 is 14.7 Å². The Kier molecular flexibility index (Phi) is 5.58. The average molecular weight is 277 g/mol. The molecule has 0 amide bonds. The molecule has 1 aliphatic rings. The number of hydrogen-bond donors (Lipinski definition) is 1. The molecule has 0 saturated carbocycles. The summed E-state index contributed by atoms with van der Waals surface area (Å²) in [6.07, 6.45) is 1.84. The van der Waals surface area contributed by atoms with Crippen LogP contribution in [0.5, 0.6) is 0 Å². The summed E-state index contributed by atoms with van der Waals surface area (Å²) in [6.45, 7) is 6.97. The van der Waals surface area contributed by atoms with E-state index in [-0.39, 0.29) is 6.04 Å². The molecule has 3 heteroatoms. The standard InChI is InChI=1S/C17H27NO2/c1-13-4-6-16(7-5-13)17(19)14(2)18(3)12-15-8-10-20-11-9-15/h4-7,14-15,17,19H,8-12H2,1-3H3. The van der Waals surface area contributed by atoms with Gasteiger partial charge in [0.05, 0.1) is 6.10 Å². The van der Waals surface area contributed by atoms with E-state index in [1.165, 1.54) is 5.56 Å². The number of benzene rings is 1. The molecule has 2 unspecified atom stereocenters. The highest BCUT2D eigenvalue weighted by molar-refractivity contribution is 5.23. The number of rotatable bonds is 5. The maximum atomic E-state index is 10.5. The second kappa shape index (κ2) is 7.21. The van der Waals surface area contributed by atoms with Crippen LogP contribution in [0.1, 0.15) is 37.0 Å². The molecule has 1 aliphatic heterocycles. The first-order valence-electron chi connectivity index (χ1n) is 7.60. The Balaban J connectivity index is 1.91. The van der Waals surface area contributed by atoms with Crippen molar-refractivity contribution in [3.05, 3.63) is 35.4 Å². The number of aryl methyl sites for hydroxylation is 1. The average Bonchev–Trinajstić information content (AvgIpc) is 2.47. The normalized spacial score (nSPS) is 20.1. The van der Waals surface area contributed by atoms with Gasteiger partial charge in [0, 0.05) is 25.8 Å². The van der Waals surface area contributed by atoms with Gasteiger partial charge in [0.25, 0.3) is 0 Å². The third-order valence-electron chi connectivity index (χ3n) is 4.46. The number of aliphatic hydroxyl groups is 1. The van der Waals surface area contributed by atoms with Crippen LogP contribution in [0.2, 0.25) is 0 Å². The largest absolute Gasteiger partial charge is 0.387 e. The van der Waals surface area contributed by atoms with E-state index in [9.17, 15) is 5.11 Å². The lowest BCUT2D eigenvalue weighted by Crippen LogP contribution is -2.39. The van der Waals surface area contributed by atoms with Gasteiger partial charge in [-0.05, 0) is 45.2 Å². The van der Waals surface area contributed by atoms with Gasteiger partial charge in [-0.1, -0.05) is 29.8 Å². The minimum Gasteiger partial charge on any atom is -0.387 e. The Bertz CT molecular complexity index is 398. The van der Waals surface area contributed by atoms with Crippen molar-refractivity contribution >= 4 is 0 Å². The third kappa shape index (κ3) is 4.05. The zero-order valence-electron chi connectivity index (χ0n) is 12.9. The number of likely N-dealkylation sites (N-methyl/N-ethyl adjacent to an activating group) is 1. The first-order chi connectivity index (χ1) is 9.58. The molecule has 112 valence electrons. The minimum absolute atomic E-state index is 0.126. The maximum Gasteiger partial charge on any atom is 0.0942 e. The summed E-state index contributed by atoms with van der Waals surface area (Å²) < 4.78 is 5.40. The van der Waals surface area contributed by atoms with E-state index < -0.39 is 6.10 Å². The van der Waals surface area contributed by atoms with Crippen molar-refractivity contribution in [2.45, 2.75) is 38.8 Å². The lowest BCUT2D eigenvalue weighted by molar-refractivity contribution is 0.0292. The van der Waals surface area contributed by atoms with E-state index in [0.717, 1.165) is 38.2 Å². The van der Waals surface area contributed by atoms with E-state index >= 15 is 0 Å². The van der Waals surface area contributed by atoms with E-state index in [0.29, 0.717) is 5.92 Å². The topological polar surface area (TPSA) is 32.7 Å². The predicted octanol–water partition coefficient (Wildman–Crippen LogP) is 2.78. The van der Waals surface area contributed by atoms with Crippen molar-refractivity contribution in [3.63, 3.8) is 0 Å². The molecule has 0 bridgehead atoms. The second-order valence-electron chi connectivity index (χ2n) is 6.09. The van der Waals surface area contributed by atoms with Crippen molar-refractivity contribution in [2.24, 2.45) is 5.92 Å². The lowest BCUT2D eigenvalue weighted by Gasteiger charge is -2.33. The summed E-state index contributed by atoms with van der Waals surface area (Å²) in [7, 11) is 2.11. The van der Waals surface area contributed by atoms with Crippen LogP contribution >= 0.6 is 0 Å². The summed E-state index contributed by atoms with van der Waals surface area (Å²) in [5.74, 6) is 0.696. The molecule has 0 aliphatic carbocycles. The SMILES string of the molecule is Cc1ccc(C(O)C(C)N(C)CC2CCOCC2)cc1. The van der Waals surface area contributed by atoms with E-state index in [2.05, 4.69) is 37.9 Å². The van der Waals surface area contributed by atoms with Crippen LogP contribution in [0.25, 0.3) is 0 Å². The van der Waals surface area contributed by atoms with Crippen molar-refractivity contribution in [1.82, 2.24) is 4.90 Å². The number of ether oxygens (including phenoxy) is 1. The van der Waals surface area contributed by atoms with Gasteiger partial charge in [-0.2, -0.15) is 0 Å². The van der Waals surface area contributed by atoms with Crippen LogP contribution in [0.4, 0.5) is 0 Å². The Morgan fingerprint density at radius 3 is 2.45 bits per heavy atom. The monoisotopic (exact) mass is 277 g/mol. The fraction of sp³-hybridized carbons (Fsp3) is 0.647. The van der Waals surface area contributed by atoms with Crippen molar-refractivity contribution < 1.29 is 9.84 Å². The quantitative estimate of drug-likeness (QED) is 0.898. The molecule has 0 radical (unpaired) electrons. The summed E-state index contributed by atoms with van der Waals surface area (Å²) in [4.78, 5) is 2.28. The molecule has 1 saturated heterocycles. The van der Waals surface area contributed by atoms with Gasteiger partial charge in [-0.3, -0.25) is 0 Å². The number of nitrogens with zero attached hydrogens (tertiary/aromatic N) is 1. The van der Waals surface area contributed by atoms with Gasteiger partial charge in [0.1, 0.15) is 0 Å². The van der Waals surface area contributed by atoms with Crippen LogP contribution in [0.3, 0.4) is 0 Å². The number of aliphatic hydroxyl groups excluding tert-OH is 1. The first-order valence-corrected chi connectivity index (χ1v) is 7.60. The lowest BCUT2D eigenvalue weighted by atomic mass is 9.97. The predicted molar refractivity (Wildman–Crippen MR) is 81.8 cm³/mol. The summed E-state index contributed by atoms with van der Waals surface area (Å²) >= 11 is 0. The highest BCUT2D eigenvalue weighted by atomic mass is 16.5. The van der Waals surface area contributed by atoms with Gasteiger partial charge in [0.2, 0.25) is 0 Å². The fourth-order valence-corrected chi connectivity index (χ4v) is 2.79. The van der Waals surface area contributed by atoms with E-state index in [1.807, 2.05) is 12.1 Å². The fourth-order valence-electron chi connectivity index (χ4n) is 2.79. The van der Waals surface area contributed by atoms with Crippen LogP contribution in [-0.4, -0.2) is 42.9 Å². The zero-order valence-corrected chi connectivity index (χ0v) is 12.9. The zero-order chi connectivity index (χ0) is 14.5. The van der Waals surface area contributed by atoms with Crippen LogP contribution in [0, 0.1) is 12.8 Å². The van der Waals surface area contributed by atoms with Gasteiger partial charge in [-0.25, -0.2) is 0 Å². The van der Waals surface area contributed by atoms with Crippen molar-refractivity contribution in [2.75, 3.05) is 26.8 Å². The molecule has 2 rings (SSSR count). The maximum absolute atomic E-state index is 10.5. The first kappa shape index (κ1) is 15.5. The molecule has 0 aromatic heterocycles. The third-order valence-corrected chi connectivity index (χ3v) is 4.46. The smallest absolute Gasteiger partial charge is 0.0942 e. The Labute approximate surface area is 122 Å². The highest BCUT2D eigenvalue weighted by Crippen LogP contribution is 2.23. The van der Waals surface area contributed by atoms with Crippen molar-refractivity contribution in [3.8, 4) is 0 Å². The van der Waals surface area contributed by atoms with Crippen LogP contribution in [-0.2, 0) is 4.74 Å². The second-order valence-corrected chi connectivity index (χ2v) is 6.09. The molecular formula is C17H27NO2. The summed E-state index contributed by atoms with van der Waals surface area (Å²) in [5, 5.41) is 10.5. The van der Waals surface area contributed by atoms with Crippen molar-refractivity contribution in [1.29, 1.82) is 0 Å². The van der Waals surface area contributed by atoms with Gasteiger partial charge in [0.15, 0.2) is 0 Å². The summed E-state index contributed by atoms with van der Waals surface area (Å²) in [5.41, 5.74) is 2.23. The molecule has 1 heterocycles. The molecule has 3 nitrogen and oxygen atoms in total. The van der Waals surface area contributed by atoms with Crippen LogP contribution < -0.4 is 0 Å². The van der Waals surface area contributed by atoms with E-state index in [4.69, 9.17) is 4.74 Å². The Hall–Kier alpha value is -0.900. The molecule has 1 aromatic rings. The molecule has 1 N–H and O–H groups in total. The van der Waals surface area contributed by atoms with Gasteiger partial charge in [-0.15, -0.1) is 0 Å². The Morgan fingerprint density at radius 2 is 1.85 bits per heavy atom. The minimum atomic E-state index is -0.430. The van der Waals surface area contributed by atoms with E-state index in [1.54, 1.807) is 0 Å². The molecule has 20 heavy (non-hydrogen) atoms. The molecule has 0 spiro atoms. The van der Waals surface area contributed by atoms with Gasteiger partial charge >= 0.3 is 0 Å². The Morgan fingerprint density at radius 1 is 1.25 bits per heavy atom. The molecule has 2 atom stereocenters. The highest BCUT2D eigenvalue weighted by Gasteiger charge is 2.23. The number of hydrogen-bond acceptors (Lipinski definition) is 3. The van der Waals surface area contributed by atoms with Crippen LogP contribution in [0.15, 0.2) is 24.3 Å². The summed E-state index contributed by atoms with van der Waals surface area (Å²) in [6, 6.07) is 8.30. The molecule has 1 aromatic carbocycles. The molecular weight excluding hydrogens is 250 g/mol.